The number of carbonyl (C=O) groups excluding carboxylic acids is 1. The van der Waals surface area contributed by atoms with Gasteiger partial charge >= 0.3 is 0 Å². The smallest absolute Gasteiger partial charge is 0.277 e. The molecule has 0 unspecified atom stereocenters. The van der Waals surface area contributed by atoms with Crippen molar-refractivity contribution in [2.45, 2.75) is 5.22 Å². The van der Waals surface area contributed by atoms with Gasteiger partial charge in [0.25, 0.3) is 5.22 Å². The molecule has 0 radical (unpaired) electrons. The lowest BCUT2D eigenvalue weighted by Gasteiger charge is -2.05. The second-order valence-corrected chi connectivity index (χ2v) is 6.06. The molecule has 0 fully saturated rings. The standard InChI is InChI=1S/C16H11ClFN3O2S/c17-11-6-7-12(18)13(8-11)19-14(22)9-24-16-21-20-15(23-16)10-4-2-1-3-5-10/h1-8H,9H2,(H,19,22). The lowest BCUT2D eigenvalue weighted by Crippen LogP contribution is -2.15. The molecule has 0 bridgehead atoms. The van der Waals surface area contributed by atoms with Crippen molar-refractivity contribution in [1.82, 2.24) is 10.2 Å². The van der Waals surface area contributed by atoms with Crippen LogP contribution in [0.1, 0.15) is 0 Å². The van der Waals surface area contributed by atoms with E-state index < -0.39 is 11.7 Å². The van der Waals surface area contributed by atoms with Gasteiger partial charge in [0.1, 0.15) is 5.82 Å². The molecular formula is C16H11ClFN3O2S. The van der Waals surface area contributed by atoms with Gasteiger partial charge in [-0.05, 0) is 30.3 Å². The molecule has 0 aliphatic heterocycles. The zero-order chi connectivity index (χ0) is 16.9. The summed E-state index contributed by atoms with van der Waals surface area (Å²) < 4.78 is 19.0. The van der Waals surface area contributed by atoms with Crippen molar-refractivity contribution >= 4 is 35.0 Å². The van der Waals surface area contributed by atoms with Crippen molar-refractivity contribution in [3.63, 3.8) is 0 Å². The Balaban J connectivity index is 1.59. The van der Waals surface area contributed by atoms with Crippen LogP contribution in [0.4, 0.5) is 10.1 Å². The van der Waals surface area contributed by atoms with Gasteiger partial charge in [-0.15, -0.1) is 10.2 Å². The predicted molar refractivity (Wildman–Crippen MR) is 90.5 cm³/mol. The number of nitrogens with one attached hydrogen (secondary N) is 1. The minimum atomic E-state index is -0.554. The first kappa shape index (κ1) is 16.5. The summed E-state index contributed by atoms with van der Waals surface area (Å²) in [5.41, 5.74) is 0.825. The third kappa shape index (κ3) is 4.12. The Hall–Kier alpha value is -2.38. The van der Waals surface area contributed by atoms with Crippen LogP contribution >= 0.6 is 23.4 Å². The largest absolute Gasteiger partial charge is 0.411 e. The molecule has 0 aliphatic carbocycles. The Morgan fingerprint density at radius 2 is 2.00 bits per heavy atom. The van der Waals surface area contributed by atoms with E-state index in [1.165, 1.54) is 18.2 Å². The lowest BCUT2D eigenvalue weighted by atomic mass is 10.2. The molecule has 122 valence electrons. The Kier molecular flexibility index (Phi) is 5.12. The number of halogens is 2. The van der Waals surface area contributed by atoms with Crippen LogP contribution in [0, 0.1) is 5.82 Å². The maximum absolute atomic E-state index is 13.6. The van der Waals surface area contributed by atoms with Crippen molar-refractivity contribution in [2.24, 2.45) is 0 Å². The summed E-state index contributed by atoms with van der Waals surface area (Å²) in [6, 6.07) is 13.2. The van der Waals surface area contributed by atoms with Crippen molar-refractivity contribution in [1.29, 1.82) is 0 Å². The SMILES string of the molecule is O=C(CSc1nnc(-c2ccccc2)o1)Nc1cc(Cl)ccc1F. The average Bonchev–Trinajstić information content (AvgIpc) is 3.06. The van der Waals surface area contributed by atoms with Gasteiger partial charge in [0.05, 0.1) is 11.4 Å². The van der Waals surface area contributed by atoms with E-state index in [0.29, 0.717) is 10.9 Å². The highest BCUT2D eigenvalue weighted by Gasteiger charge is 2.12. The summed E-state index contributed by atoms with van der Waals surface area (Å²) in [5, 5.41) is 10.8. The van der Waals surface area contributed by atoms with Crippen LogP contribution in [0.2, 0.25) is 5.02 Å². The summed E-state index contributed by atoms with van der Waals surface area (Å²) >= 11 is 6.84. The average molecular weight is 364 g/mol. The summed E-state index contributed by atoms with van der Waals surface area (Å²) in [4.78, 5) is 11.9. The van der Waals surface area contributed by atoms with Crippen LogP contribution in [0.25, 0.3) is 11.5 Å². The monoisotopic (exact) mass is 363 g/mol. The van der Waals surface area contributed by atoms with Gasteiger partial charge < -0.3 is 9.73 Å². The first-order valence-corrected chi connectivity index (χ1v) is 8.25. The van der Waals surface area contributed by atoms with E-state index in [0.717, 1.165) is 17.3 Å². The normalized spacial score (nSPS) is 10.6. The second-order valence-electron chi connectivity index (χ2n) is 4.70. The van der Waals surface area contributed by atoms with Gasteiger partial charge in [0, 0.05) is 10.6 Å². The first-order valence-electron chi connectivity index (χ1n) is 6.88. The summed E-state index contributed by atoms with van der Waals surface area (Å²) in [7, 11) is 0. The Morgan fingerprint density at radius 3 is 2.79 bits per heavy atom. The number of rotatable bonds is 5. The fraction of sp³-hybridized carbons (Fsp3) is 0.0625. The van der Waals surface area contributed by atoms with Gasteiger partial charge in [-0.25, -0.2) is 4.39 Å². The molecule has 0 saturated heterocycles. The molecule has 0 spiro atoms. The van der Waals surface area contributed by atoms with Crippen LogP contribution in [0.15, 0.2) is 58.2 Å². The number of nitrogens with zero attached hydrogens (tertiary/aromatic N) is 2. The zero-order valence-electron chi connectivity index (χ0n) is 12.2. The summed E-state index contributed by atoms with van der Waals surface area (Å²) in [5.74, 6) is -0.579. The molecule has 2 aromatic carbocycles. The van der Waals surface area contributed by atoms with Gasteiger partial charge in [-0.3, -0.25) is 4.79 Å². The maximum atomic E-state index is 13.6. The molecule has 5 nitrogen and oxygen atoms in total. The molecule has 1 amide bonds. The van der Waals surface area contributed by atoms with E-state index in [1.807, 2.05) is 30.3 Å². The van der Waals surface area contributed by atoms with E-state index in [9.17, 15) is 9.18 Å². The molecule has 1 aromatic heterocycles. The molecule has 1 heterocycles. The number of hydrogen-bond acceptors (Lipinski definition) is 5. The molecule has 1 N–H and O–H groups in total. The number of benzene rings is 2. The highest BCUT2D eigenvalue weighted by molar-refractivity contribution is 7.99. The lowest BCUT2D eigenvalue weighted by molar-refractivity contribution is -0.113. The van der Waals surface area contributed by atoms with E-state index in [2.05, 4.69) is 15.5 Å². The fourth-order valence-corrected chi connectivity index (χ4v) is 2.61. The maximum Gasteiger partial charge on any atom is 0.277 e. The van der Waals surface area contributed by atoms with Crippen LogP contribution in [0.3, 0.4) is 0 Å². The third-order valence-corrected chi connectivity index (χ3v) is 4.01. The van der Waals surface area contributed by atoms with Crippen molar-refractivity contribution < 1.29 is 13.6 Å². The Bertz CT molecular complexity index is 858. The van der Waals surface area contributed by atoms with Gasteiger partial charge in [0.15, 0.2) is 0 Å². The molecule has 0 saturated carbocycles. The summed E-state index contributed by atoms with van der Waals surface area (Å²) in [6.07, 6.45) is 0. The van der Waals surface area contributed by atoms with Crippen molar-refractivity contribution in [3.8, 4) is 11.5 Å². The number of aromatic nitrogens is 2. The quantitative estimate of drug-likeness (QED) is 0.686. The van der Waals surface area contributed by atoms with E-state index >= 15 is 0 Å². The number of thioether (sulfide) groups is 1. The molecule has 0 atom stereocenters. The third-order valence-electron chi connectivity index (χ3n) is 2.96. The number of hydrogen-bond donors (Lipinski definition) is 1. The van der Waals surface area contributed by atoms with Gasteiger partial charge in [0.2, 0.25) is 11.8 Å². The van der Waals surface area contributed by atoms with Crippen molar-refractivity contribution in [3.05, 3.63) is 59.4 Å². The van der Waals surface area contributed by atoms with Gasteiger partial charge in [-0.2, -0.15) is 0 Å². The van der Waals surface area contributed by atoms with E-state index in [4.69, 9.17) is 16.0 Å². The minimum Gasteiger partial charge on any atom is -0.411 e. The number of amides is 1. The fourth-order valence-electron chi connectivity index (χ4n) is 1.87. The van der Waals surface area contributed by atoms with Crippen LogP contribution < -0.4 is 5.32 Å². The van der Waals surface area contributed by atoms with E-state index in [-0.39, 0.29) is 16.7 Å². The van der Waals surface area contributed by atoms with Crippen LogP contribution in [-0.4, -0.2) is 21.9 Å². The first-order chi connectivity index (χ1) is 11.6. The molecule has 3 rings (SSSR count). The molecular weight excluding hydrogens is 353 g/mol. The summed E-state index contributed by atoms with van der Waals surface area (Å²) in [6.45, 7) is 0. The van der Waals surface area contributed by atoms with E-state index in [1.54, 1.807) is 0 Å². The van der Waals surface area contributed by atoms with Gasteiger partial charge in [-0.1, -0.05) is 41.6 Å². The molecule has 24 heavy (non-hydrogen) atoms. The van der Waals surface area contributed by atoms with Crippen LogP contribution in [0.5, 0.6) is 0 Å². The Labute approximate surface area is 146 Å². The molecule has 8 heteroatoms. The predicted octanol–water partition coefficient (Wildman–Crippen LogP) is 4.26. The zero-order valence-corrected chi connectivity index (χ0v) is 13.8. The molecule has 3 aromatic rings. The topological polar surface area (TPSA) is 68.0 Å². The second kappa shape index (κ2) is 7.46. The van der Waals surface area contributed by atoms with Crippen molar-refractivity contribution in [2.75, 3.05) is 11.1 Å². The highest BCUT2D eigenvalue weighted by atomic mass is 35.5. The Morgan fingerprint density at radius 1 is 1.21 bits per heavy atom. The minimum absolute atomic E-state index is 0.00236. The highest BCUT2D eigenvalue weighted by Crippen LogP contribution is 2.24. The molecule has 0 aliphatic rings. The van der Waals surface area contributed by atoms with Crippen LogP contribution in [-0.2, 0) is 4.79 Å². The number of carbonyl (C=O) groups is 1. The number of anilines is 1.